The van der Waals surface area contributed by atoms with E-state index in [0.29, 0.717) is 52.6 Å². The number of fused-ring (bicyclic) bond motifs is 1. The molecule has 0 saturated carbocycles. The molecule has 1 atom stereocenters. The summed E-state index contributed by atoms with van der Waals surface area (Å²) in [5, 5.41) is 3.55. The first-order chi connectivity index (χ1) is 15.8. The lowest BCUT2D eigenvalue weighted by Crippen LogP contribution is -2.28. The lowest BCUT2D eigenvalue weighted by molar-refractivity contribution is 0.0516. The zero-order valence-electron chi connectivity index (χ0n) is 19.5. The molecule has 2 N–H and O–H groups in total. The van der Waals surface area contributed by atoms with Crippen LogP contribution in [0.5, 0.6) is 5.75 Å². The van der Waals surface area contributed by atoms with Gasteiger partial charge in [-0.15, -0.1) is 0 Å². The first-order valence-electron chi connectivity index (χ1n) is 11.2. The van der Waals surface area contributed by atoms with Crippen molar-refractivity contribution in [2.24, 2.45) is 5.92 Å². The number of hydrogen-bond acceptors (Lipinski definition) is 4. The number of halogens is 1. The molecule has 1 fully saturated rings. The average Bonchev–Trinajstić information content (AvgIpc) is 3.08. The number of aryl methyl sites for hydroxylation is 1. The van der Waals surface area contributed by atoms with E-state index in [9.17, 15) is 14.0 Å². The van der Waals surface area contributed by atoms with Crippen molar-refractivity contribution in [1.29, 1.82) is 0 Å². The smallest absolute Gasteiger partial charge is 0.256 e. The zero-order chi connectivity index (χ0) is 23.7. The summed E-state index contributed by atoms with van der Waals surface area (Å²) in [6.45, 7) is 7.21. The standard InChI is InChI=1S/C25H30FN3O4/c1-14-11-22(32-4)20(24(30)28-14)13-27-25(31)23-16(3)29(15(2)17-7-9-33-10-8-17)21-12-18(26)5-6-19(21)23/h5-6,11-12,15,17H,7-10,13H2,1-4H3,(H,27,31)(H,28,30)/t15-/m0/s1. The van der Waals surface area contributed by atoms with Crippen LogP contribution in [0.1, 0.15) is 53.1 Å². The van der Waals surface area contributed by atoms with Gasteiger partial charge in [-0.05, 0) is 63.8 Å². The molecule has 8 heteroatoms. The number of H-pyrrole nitrogens is 1. The molecule has 0 unspecified atom stereocenters. The molecule has 1 aliphatic rings. The minimum atomic E-state index is -0.344. The Bertz CT molecular complexity index is 1240. The van der Waals surface area contributed by atoms with Crippen molar-refractivity contribution in [3.05, 3.63) is 63.0 Å². The van der Waals surface area contributed by atoms with E-state index in [2.05, 4.69) is 21.8 Å². The second kappa shape index (κ2) is 9.39. The Kier molecular flexibility index (Phi) is 6.56. The van der Waals surface area contributed by atoms with Gasteiger partial charge < -0.3 is 24.3 Å². The maximum absolute atomic E-state index is 14.2. The minimum Gasteiger partial charge on any atom is -0.496 e. The summed E-state index contributed by atoms with van der Waals surface area (Å²) in [7, 11) is 1.49. The van der Waals surface area contributed by atoms with Gasteiger partial charge in [-0.2, -0.15) is 0 Å². The number of rotatable bonds is 6. The fourth-order valence-corrected chi connectivity index (χ4v) is 4.92. The molecular weight excluding hydrogens is 425 g/mol. The largest absolute Gasteiger partial charge is 0.496 e. The Morgan fingerprint density at radius 1 is 1.30 bits per heavy atom. The van der Waals surface area contributed by atoms with E-state index in [1.807, 2.05) is 6.92 Å². The van der Waals surface area contributed by atoms with Crippen molar-refractivity contribution in [3.63, 3.8) is 0 Å². The highest BCUT2D eigenvalue weighted by molar-refractivity contribution is 6.08. The third kappa shape index (κ3) is 4.39. The Hall–Kier alpha value is -3.13. The summed E-state index contributed by atoms with van der Waals surface area (Å²) in [4.78, 5) is 28.5. The number of carbonyl (C=O) groups is 1. The number of hydrogen-bond donors (Lipinski definition) is 2. The summed E-state index contributed by atoms with van der Waals surface area (Å²) >= 11 is 0. The Morgan fingerprint density at radius 3 is 2.73 bits per heavy atom. The predicted octanol–water partition coefficient (Wildman–Crippen LogP) is 4.01. The number of benzene rings is 1. The van der Waals surface area contributed by atoms with Gasteiger partial charge in [0.2, 0.25) is 0 Å². The van der Waals surface area contributed by atoms with Gasteiger partial charge in [-0.3, -0.25) is 9.59 Å². The van der Waals surface area contributed by atoms with Crippen molar-refractivity contribution < 1.29 is 18.7 Å². The number of aromatic amines is 1. The molecule has 0 aliphatic carbocycles. The van der Waals surface area contributed by atoms with E-state index >= 15 is 0 Å². The van der Waals surface area contributed by atoms with Gasteiger partial charge in [0, 0.05) is 36.0 Å². The van der Waals surface area contributed by atoms with Crippen LogP contribution in [-0.2, 0) is 11.3 Å². The topological polar surface area (TPSA) is 85.4 Å². The van der Waals surface area contributed by atoms with Gasteiger partial charge in [-0.1, -0.05) is 0 Å². The van der Waals surface area contributed by atoms with E-state index in [1.165, 1.54) is 19.2 Å². The van der Waals surface area contributed by atoms with Gasteiger partial charge in [-0.25, -0.2) is 4.39 Å². The average molecular weight is 456 g/mol. The molecule has 3 aromatic rings. The van der Waals surface area contributed by atoms with Gasteiger partial charge in [0.25, 0.3) is 11.5 Å². The van der Waals surface area contributed by atoms with Gasteiger partial charge in [0.15, 0.2) is 0 Å². The zero-order valence-corrected chi connectivity index (χ0v) is 19.5. The number of nitrogens with zero attached hydrogens (tertiary/aromatic N) is 1. The summed E-state index contributed by atoms with van der Waals surface area (Å²) in [5.41, 5.74) is 2.68. The predicted molar refractivity (Wildman–Crippen MR) is 124 cm³/mol. The maximum Gasteiger partial charge on any atom is 0.256 e. The van der Waals surface area contributed by atoms with Crippen molar-refractivity contribution in [3.8, 4) is 5.75 Å². The van der Waals surface area contributed by atoms with Crippen LogP contribution < -0.4 is 15.6 Å². The third-order valence-corrected chi connectivity index (χ3v) is 6.67. The highest BCUT2D eigenvalue weighted by Gasteiger charge is 2.28. The molecule has 1 saturated heterocycles. The molecule has 0 radical (unpaired) electrons. The Balaban J connectivity index is 1.70. The fourth-order valence-electron chi connectivity index (χ4n) is 4.92. The van der Waals surface area contributed by atoms with E-state index in [4.69, 9.17) is 9.47 Å². The minimum absolute atomic E-state index is 0.0143. The molecule has 2 aromatic heterocycles. The summed E-state index contributed by atoms with van der Waals surface area (Å²) < 4.78 is 27.1. The summed E-state index contributed by atoms with van der Waals surface area (Å²) in [5.74, 6) is 0.140. The van der Waals surface area contributed by atoms with Gasteiger partial charge in [0.1, 0.15) is 11.6 Å². The number of ether oxygens (including phenoxy) is 2. The van der Waals surface area contributed by atoms with E-state index in [-0.39, 0.29) is 29.9 Å². The normalized spacial score (nSPS) is 15.5. The lowest BCUT2D eigenvalue weighted by atomic mass is 9.92. The number of carbonyl (C=O) groups excluding carboxylic acids is 1. The number of amides is 1. The maximum atomic E-state index is 14.2. The van der Waals surface area contributed by atoms with Crippen molar-refractivity contribution in [2.75, 3.05) is 20.3 Å². The molecule has 0 bridgehead atoms. The molecule has 33 heavy (non-hydrogen) atoms. The van der Waals surface area contributed by atoms with Crippen LogP contribution in [0.25, 0.3) is 10.9 Å². The molecule has 4 rings (SSSR count). The van der Waals surface area contributed by atoms with Crippen LogP contribution in [0, 0.1) is 25.6 Å². The SMILES string of the molecule is COc1cc(C)[nH]c(=O)c1CNC(=O)c1c(C)n([C@@H](C)C2CCOCC2)c2cc(F)ccc12. The highest BCUT2D eigenvalue weighted by atomic mass is 19.1. The lowest BCUT2D eigenvalue weighted by Gasteiger charge is -2.30. The second-order valence-corrected chi connectivity index (χ2v) is 8.69. The van der Waals surface area contributed by atoms with Crippen molar-refractivity contribution >= 4 is 16.8 Å². The van der Waals surface area contributed by atoms with Crippen molar-refractivity contribution in [2.45, 2.75) is 46.2 Å². The summed E-state index contributed by atoms with van der Waals surface area (Å²) in [6.07, 6.45) is 1.85. The Morgan fingerprint density at radius 2 is 2.03 bits per heavy atom. The molecule has 1 amide bonds. The van der Waals surface area contributed by atoms with Gasteiger partial charge in [0.05, 0.1) is 30.3 Å². The van der Waals surface area contributed by atoms with Crippen LogP contribution in [0.3, 0.4) is 0 Å². The highest BCUT2D eigenvalue weighted by Crippen LogP contribution is 2.35. The van der Waals surface area contributed by atoms with Crippen LogP contribution in [0.4, 0.5) is 4.39 Å². The third-order valence-electron chi connectivity index (χ3n) is 6.67. The Labute approximate surface area is 191 Å². The molecule has 0 spiro atoms. The number of methoxy groups -OCH3 is 1. The number of pyridine rings is 1. The van der Waals surface area contributed by atoms with Crippen LogP contribution in [0.2, 0.25) is 0 Å². The monoisotopic (exact) mass is 455 g/mol. The molecule has 3 heterocycles. The fraction of sp³-hybridized carbons (Fsp3) is 0.440. The van der Waals surface area contributed by atoms with Gasteiger partial charge >= 0.3 is 0 Å². The van der Waals surface area contributed by atoms with Crippen LogP contribution in [0.15, 0.2) is 29.1 Å². The van der Waals surface area contributed by atoms with Crippen LogP contribution in [-0.4, -0.2) is 35.8 Å². The first kappa shape index (κ1) is 23.0. The molecule has 176 valence electrons. The first-order valence-corrected chi connectivity index (χ1v) is 11.2. The van der Waals surface area contributed by atoms with E-state index < -0.39 is 0 Å². The molecular formula is C25H30FN3O4. The molecule has 1 aliphatic heterocycles. The van der Waals surface area contributed by atoms with E-state index in [0.717, 1.165) is 18.5 Å². The quantitative estimate of drug-likeness (QED) is 0.588. The van der Waals surface area contributed by atoms with Crippen LogP contribution >= 0.6 is 0 Å². The molecule has 7 nitrogen and oxygen atoms in total. The summed E-state index contributed by atoms with van der Waals surface area (Å²) in [6, 6.07) is 6.32. The second-order valence-electron chi connectivity index (χ2n) is 8.69. The molecule has 1 aromatic carbocycles. The van der Waals surface area contributed by atoms with E-state index in [1.54, 1.807) is 19.1 Å². The number of nitrogens with one attached hydrogen (secondary N) is 2. The van der Waals surface area contributed by atoms with Crippen molar-refractivity contribution in [1.82, 2.24) is 14.9 Å². The number of aromatic nitrogens is 2.